The number of fused-ring (bicyclic) bond motifs is 1. The van der Waals surface area contributed by atoms with Gasteiger partial charge in [0, 0.05) is 24.3 Å². The molecule has 0 amide bonds. The Balaban J connectivity index is 2.02. The lowest BCUT2D eigenvalue weighted by molar-refractivity contribution is 0.899. The molecule has 0 aromatic carbocycles. The van der Waals surface area contributed by atoms with Crippen molar-refractivity contribution in [2.75, 3.05) is 18.4 Å². The molecule has 2 aromatic heterocycles. The average Bonchev–Trinajstić information content (AvgIpc) is 3.05. The highest BCUT2D eigenvalue weighted by molar-refractivity contribution is 7.13. The number of nitrogens with two attached hydrogens (primary N) is 1. The Hall–Kier alpha value is -1.46. The smallest absolute Gasteiger partial charge is 0.171 e. The first-order valence-electron chi connectivity index (χ1n) is 6.26. The fourth-order valence-corrected chi connectivity index (χ4v) is 2.94. The SMILES string of the molecule is NCCNc1nc(-c2cccs2)nc2c1CCC2. The van der Waals surface area contributed by atoms with E-state index in [0.29, 0.717) is 6.54 Å². The summed E-state index contributed by atoms with van der Waals surface area (Å²) in [7, 11) is 0. The molecule has 4 nitrogen and oxygen atoms in total. The van der Waals surface area contributed by atoms with Crippen LogP contribution in [0.3, 0.4) is 0 Å². The summed E-state index contributed by atoms with van der Waals surface area (Å²) in [5, 5.41) is 5.38. The minimum atomic E-state index is 0.618. The highest BCUT2D eigenvalue weighted by Crippen LogP contribution is 2.30. The molecule has 0 radical (unpaired) electrons. The third kappa shape index (κ3) is 2.11. The minimum absolute atomic E-state index is 0.618. The van der Waals surface area contributed by atoms with Crippen molar-refractivity contribution < 1.29 is 0 Å². The zero-order chi connectivity index (χ0) is 12.4. The van der Waals surface area contributed by atoms with Gasteiger partial charge in [-0.1, -0.05) is 6.07 Å². The molecule has 0 spiro atoms. The predicted octanol–water partition coefficient (Wildman–Crippen LogP) is 2.06. The van der Waals surface area contributed by atoms with Crippen molar-refractivity contribution in [3.63, 3.8) is 0 Å². The van der Waals surface area contributed by atoms with Crippen LogP contribution >= 0.6 is 11.3 Å². The van der Waals surface area contributed by atoms with E-state index in [0.717, 1.165) is 35.9 Å². The summed E-state index contributed by atoms with van der Waals surface area (Å²) < 4.78 is 0. The van der Waals surface area contributed by atoms with Gasteiger partial charge in [-0.25, -0.2) is 9.97 Å². The van der Waals surface area contributed by atoms with Crippen LogP contribution in [0.15, 0.2) is 17.5 Å². The molecule has 3 N–H and O–H groups in total. The maximum Gasteiger partial charge on any atom is 0.171 e. The molecule has 18 heavy (non-hydrogen) atoms. The topological polar surface area (TPSA) is 63.8 Å². The van der Waals surface area contributed by atoms with Crippen molar-refractivity contribution in [1.29, 1.82) is 0 Å². The minimum Gasteiger partial charge on any atom is -0.368 e. The van der Waals surface area contributed by atoms with Crippen molar-refractivity contribution in [3.8, 4) is 10.7 Å². The largest absolute Gasteiger partial charge is 0.368 e. The van der Waals surface area contributed by atoms with Crippen LogP contribution in [0.2, 0.25) is 0 Å². The van der Waals surface area contributed by atoms with Crippen LogP contribution in [0.4, 0.5) is 5.82 Å². The third-order valence-electron chi connectivity index (χ3n) is 3.11. The Kier molecular flexibility index (Phi) is 3.25. The van der Waals surface area contributed by atoms with E-state index in [1.54, 1.807) is 11.3 Å². The fraction of sp³-hybridized carbons (Fsp3) is 0.385. The van der Waals surface area contributed by atoms with Gasteiger partial charge in [0.1, 0.15) is 5.82 Å². The van der Waals surface area contributed by atoms with Crippen LogP contribution in [-0.4, -0.2) is 23.1 Å². The summed E-state index contributed by atoms with van der Waals surface area (Å²) >= 11 is 1.68. The van der Waals surface area contributed by atoms with Crippen molar-refractivity contribution in [1.82, 2.24) is 9.97 Å². The molecule has 5 heteroatoms. The Morgan fingerprint density at radius 2 is 2.28 bits per heavy atom. The maximum absolute atomic E-state index is 5.55. The van der Waals surface area contributed by atoms with Crippen molar-refractivity contribution in [2.24, 2.45) is 5.73 Å². The molecule has 2 aromatic rings. The maximum atomic E-state index is 5.55. The van der Waals surface area contributed by atoms with Gasteiger partial charge in [-0.05, 0) is 30.7 Å². The highest BCUT2D eigenvalue weighted by atomic mass is 32.1. The van der Waals surface area contributed by atoms with Crippen LogP contribution in [0.25, 0.3) is 10.7 Å². The molecule has 3 rings (SSSR count). The molecule has 2 heterocycles. The van der Waals surface area contributed by atoms with E-state index in [1.807, 2.05) is 6.07 Å². The van der Waals surface area contributed by atoms with E-state index in [-0.39, 0.29) is 0 Å². The molecule has 1 aliphatic rings. The van der Waals surface area contributed by atoms with E-state index in [4.69, 9.17) is 10.7 Å². The summed E-state index contributed by atoms with van der Waals surface area (Å²) in [5.74, 6) is 1.82. The van der Waals surface area contributed by atoms with Crippen molar-refractivity contribution in [2.45, 2.75) is 19.3 Å². The van der Waals surface area contributed by atoms with Crippen molar-refractivity contribution >= 4 is 17.2 Å². The molecule has 94 valence electrons. The lowest BCUT2D eigenvalue weighted by Crippen LogP contribution is -2.15. The lowest BCUT2D eigenvalue weighted by atomic mass is 10.2. The summed E-state index contributed by atoms with van der Waals surface area (Å²) in [6.45, 7) is 1.38. The first-order valence-corrected chi connectivity index (χ1v) is 7.14. The van der Waals surface area contributed by atoms with E-state index >= 15 is 0 Å². The molecular weight excluding hydrogens is 244 g/mol. The van der Waals surface area contributed by atoms with E-state index in [9.17, 15) is 0 Å². The van der Waals surface area contributed by atoms with Gasteiger partial charge in [0.25, 0.3) is 0 Å². The molecule has 0 unspecified atom stereocenters. The van der Waals surface area contributed by atoms with Gasteiger partial charge in [-0.15, -0.1) is 11.3 Å². The fourth-order valence-electron chi connectivity index (χ4n) is 2.29. The summed E-state index contributed by atoms with van der Waals surface area (Å²) in [6.07, 6.45) is 3.32. The molecule has 1 aliphatic carbocycles. The van der Waals surface area contributed by atoms with E-state index in [2.05, 4.69) is 21.7 Å². The van der Waals surface area contributed by atoms with E-state index in [1.165, 1.54) is 17.7 Å². The molecule has 0 saturated heterocycles. The van der Waals surface area contributed by atoms with Gasteiger partial charge in [-0.3, -0.25) is 0 Å². The number of rotatable bonds is 4. The van der Waals surface area contributed by atoms with Crippen LogP contribution < -0.4 is 11.1 Å². The zero-order valence-corrected chi connectivity index (χ0v) is 11.0. The van der Waals surface area contributed by atoms with Gasteiger partial charge in [0.05, 0.1) is 4.88 Å². The van der Waals surface area contributed by atoms with Gasteiger partial charge in [0.2, 0.25) is 0 Å². The number of anilines is 1. The number of aromatic nitrogens is 2. The average molecular weight is 260 g/mol. The normalized spacial score (nSPS) is 13.6. The van der Waals surface area contributed by atoms with Gasteiger partial charge in [0.15, 0.2) is 5.82 Å². The first kappa shape index (κ1) is 11.6. The standard InChI is InChI=1S/C13H16N4S/c14-6-7-15-12-9-3-1-4-10(9)16-13(17-12)11-5-2-8-18-11/h2,5,8H,1,3-4,6-7,14H2,(H,15,16,17). The van der Waals surface area contributed by atoms with Crippen molar-refractivity contribution in [3.05, 3.63) is 28.8 Å². The van der Waals surface area contributed by atoms with Crippen LogP contribution in [0.5, 0.6) is 0 Å². The highest BCUT2D eigenvalue weighted by Gasteiger charge is 2.19. The molecule has 0 saturated carbocycles. The number of hydrogen-bond donors (Lipinski definition) is 2. The summed E-state index contributed by atoms with van der Waals surface area (Å²) in [5.41, 5.74) is 8.03. The summed E-state index contributed by atoms with van der Waals surface area (Å²) in [6, 6.07) is 4.09. The van der Waals surface area contributed by atoms with Gasteiger partial charge in [-0.2, -0.15) is 0 Å². The summed E-state index contributed by atoms with van der Waals surface area (Å²) in [4.78, 5) is 10.5. The Morgan fingerprint density at radius 3 is 3.06 bits per heavy atom. The Labute approximate surface area is 110 Å². The zero-order valence-electron chi connectivity index (χ0n) is 10.1. The van der Waals surface area contributed by atoms with Crippen LogP contribution in [0, 0.1) is 0 Å². The lowest BCUT2D eigenvalue weighted by Gasteiger charge is -2.10. The van der Waals surface area contributed by atoms with Crippen LogP contribution in [-0.2, 0) is 12.8 Å². The second kappa shape index (κ2) is 5.04. The van der Waals surface area contributed by atoms with Gasteiger partial charge >= 0.3 is 0 Å². The van der Waals surface area contributed by atoms with Crippen LogP contribution in [0.1, 0.15) is 17.7 Å². The monoisotopic (exact) mass is 260 g/mol. The molecule has 0 aliphatic heterocycles. The Morgan fingerprint density at radius 1 is 1.33 bits per heavy atom. The molecule has 0 bridgehead atoms. The Bertz CT molecular complexity index is 536. The molecule has 0 atom stereocenters. The number of nitrogens with zero attached hydrogens (tertiary/aromatic N) is 2. The number of thiophene rings is 1. The van der Waals surface area contributed by atoms with Gasteiger partial charge < -0.3 is 11.1 Å². The van der Waals surface area contributed by atoms with E-state index < -0.39 is 0 Å². The second-order valence-corrected chi connectivity index (χ2v) is 5.32. The number of nitrogens with one attached hydrogen (secondary N) is 1. The quantitative estimate of drug-likeness (QED) is 0.883. The molecule has 0 fully saturated rings. The molecular formula is C13H16N4S. The first-order chi connectivity index (χ1) is 8.88. The predicted molar refractivity (Wildman–Crippen MR) is 74.9 cm³/mol. The third-order valence-corrected chi connectivity index (χ3v) is 3.98. The number of aryl methyl sites for hydroxylation is 1. The second-order valence-electron chi connectivity index (χ2n) is 4.37. The number of hydrogen-bond acceptors (Lipinski definition) is 5.